The highest BCUT2D eigenvalue weighted by atomic mass is 32.2. The van der Waals surface area contributed by atoms with Gasteiger partial charge in [0.15, 0.2) is 5.16 Å². The van der Waals surface area contributed by atoms with Crippen molar-refractivity contribution in [1.29, 1.82) is 0 Å². The molecule has 6 nitrogen and oxygen atoms in total. The molecule has 0 unspecified atom stereocenters. The van der Waals surface area contributed by atoms with E-state index in [1.807, 2.05) is 0 Å². The summed E-state index contributed by atoms with van der Waals surface area (Å²) in [6.45, 7) is 0. The number of thioether (sulfide) groups is 1. The van der Waals surface area contributed by atoms with Crippen molar-refractivity contribution < 1.29 is 19.1 Å². The summed E-state index contributed by atoms with van der Waals surface area (Å²) in [6.07, 6.45) is 4.40. The van der Waals surface area contributed by atoms with Gasteiger partial charge in [0.2, 0.25) is 0 Å². The minimum atomic E-state index is -0.618. The van der Waals surface area contributed by atoms with Crippen molar-refractivity contribution in [3.8, 4) is 0 Å². The number of ether oxygens (including phenoxy) is 2. The van der Waals surface area contributed by atoms with Crippen LogP contribution in [-0.4, -0.2) is 35.7 Å². The van der Waals surface area contributed by atoms with E-state index in [0.717, 1.165) is 17.8 Å². The Balaban J connectivity index is 2.93. The first-order valence-electron chi connectivity index (χ1n) is 4.61. The third kappa shape index (κ3) is 3.63. The van der Waals surface area contributed by atoms with Crippen LogP contribution in [0.4, 0.5) is 0 Å². The summed E-state index contributed by atoms with van der Waals surface area (Å²) >= 11 is 1.04. The van der Waals surface area contributed by atoms with E-state index in [0.29, 0.717) is 5.16 Å². The fourth-order valence-corrected chi connectivity index (χ4v) is 1.78. The molecule has 0 amide bonds. The molecule has 0 spiro atoms. The third-order valence-corrected chi connectivity index (χ3v) is 2.90. The van der Waals surface area contributed by atoms with Crippen LogP contribution >= 0.6 is 11.8 Å². The average Bonchev–Trinajstić information content (AvgIpc) is 2.73. The van der Waals surface area contributed by atoms with Crippen LogP contribution in [0.3, 0.4) is 0 Å². The summed E-state index contributed by atoms with van der Waals surface area (Å²) in [5.41, 5.74) is 0. The lowest BCUT2D eigenvalue weighted by Gasteiger charge is -2.04. The van der Waals surface area contributed by atoms with Gasteiger partial charge in [-0.15, -0.1) is 0 Å². The van der Waals surface area contributed by atoms with Gasteiger partial charge in [0.1, 0.15) is 4.91 Å². The van der Waals surface area contributed by atoms with Gasteiger partial charge in [-0.1, -0.05) is 0 Å². The monoisotopic (exact) mass is 256 g/mol. The van der Waals surface area contributed by atoms with Gasteiger partial charge in [-0.25, -0.2) is 14.6 Å². The van der Waals surface area contributed by atoms with Gasteiger partial charge in [0.25, 0.3) is 0 Å². The predicted molar refractivity (Wildman–Crippen MR) is 61.2 cm³/mol. The summed E-state index contributed by atoms with van der Waals surface area (Å²) in [4.78, 5) is 26.7. The van der Waals surface area contributed by atoms with E-state index in [9.17, 15) is 9.59 Å². The van der Waals surface area contributed by atoms with Crippen molar-refractivity contribution in [2.75, 3.05) is 14.2 Å². The number of esters is 2. The molecule has 1 aromatic heterocycles. The van der Waals surface area contributed by atoms with E-state index in [4.69, 9.17) is 0 Å². The molecule has 1 rings (SSSR count). The molecule has 0 saturated heterocycles. The average molecular weight is 256 g/mol. The quantitative estimate of drug-likeness (QED) is 0.449. The number of carbonyl (C=O) groups excluding carboxylic acids is 2. The largest absolute Gasteiger partial charge is 0.466 e. The van der Waals surface area contributed by atoms with Gasteiger partial charge in [-0.2, -0.15) is 0 Å². The maximum Gasteiger partial charge on any atom is 0.345 e. The molecule has 0 aliphatic rings. The van der Waals surface area contributed by atoms with Crippen molar-refractivity contribution in [1.82, 2.24) is 9.55 Å². The smallest absolute Gasteiger partial charge is 0.345 e. The fourth-order valence-electron chi connectivity index (χ4n) is 0.945. The molecule has 0 radical (unpaired) electrons. The van der Waals surface area contributed by atoms with Gasteiger partial charge in [-0.3, -0.25) is 0 Å². The Morgan fingerprint density at radius 1 is 1.41 bits per heavy atom. The molecule has 0 bridgehead atoms. The first-order chi connectivity index (χ1) is 8.08. The molecule has 92 valence electrons. The second kappa shape index (κ2) is 6.09. The first-order valence-corrected chi connectivity index (χ1v) is 5.43. The Morgan fingerprint density at radius 2 is 2.12 bits per heavy atom. The molecular weight excluding hydrogens is 244 g/mol. The van der Waals surface area contributed by atoms with E-state index in [1.165, 1.54) is 14.2 Å². The maximum atomic E-state index is 11.4. The van der Waals surface area contributed by atoms with Crippen LogP contribution in [0, 0.1) is 0 Å². The molecule has 0 saturated carbocycles. The lowest BCUT2D eigenvalue weighted by Crippen LogP contribution is -2.06. The predicted octanol–water partition coefficient (Wildman–Crippen LogP) is 0.742. The van der Waals surface area contributed by atoms with E-state index < -0.39 is 11.9 Å². The zero-order chi connectivity index (χ0) is 12.8. The second-order valence-electron chi connectivity index (χ2n) is 2.95. The van der Waals surface area contributed by atoms with Crippen LogP contribution in [0.1, 0.15) is 0 Å². The van der Waals surface area contributed by atoms with Crippen LogP contribution in [0.5, 0.6) is 0 Å². The fraction of sp³-hybridized carbons (Fsp3) is 0.300. The summed E-state index contributed by atoms with van der Waals surface area (Å²) in [7, 11) is 4.26. The molecule has 1 heterocycles. The lowest BCUT2D eigenvalue weighted by atomic mass is 10.5. The highest BCUT2D eigenvalue weighted by Crippen LogP contribution is 2.25. The highest BCUT2D eigenvalue weighted by molar-refractivity contribution is 8.03. The molecule has 17 heavy (non-hydrogen) atoms. The van der Waals surface area contributed by atoms with Crippen LogP contribution in [0.15, 0.2) is 28.5 Å². The molecule has 1 aromatic rings. The number of nitrogens with zero attached hydrogens (tertiary/aromatic N) is 2. The van der Waals surface area contributed by atoms with E-state index in [2.05, 4.69) is 14.5 Å². The summed E-state index contributed by atoms with van der Waals surface area (Å²) in [5, 5.41) is 0.575. The molecule has 0 N–H and O–H groups in total. The van der Waals surface area contributed by atoms with Gasteiger partial charge in [0, 0.05) is 25.5 Å². The molecule has 7 heteroatoms. The van der Waals surface area contributed by atoms with Gasteiger partial charge >= 0.3 is 11.9 Å². The van der Waals surface area contributed by atoms with Crippen molar-refractivity contribution in [2.24, 2.45) is 7.05 Å². The van der Waals surface area contributed by atoms with Crippen molar-refractivity contribution in [3.63, 3.8) is 0 Å². The summed E-state index contributed by atoms with van der Waals surface area (Å²) in [5.74, 6) is -1.23. The van der Waals surface area contributed by atoms with Gasteiger partial charge in [-0.05, 0) is 11.8 Å². The third-order valence-electron chi connectivity index (χ3n) is 1.81. The molecule has 0 aliphatic heterocycles. The number of carbonyl (C=O) groups is 2. The van der Waals surface area contributed by atoms with Crippen LogP contribution in [0.2, 0.25) is 0 Å². The van der Waals surface area contributed by atoms with Gasteiger partial charge in [0.05, 0.1) is 14.2 Å². The number of aromatic nitrogens is 2. The van der Waals surface area contributed by atoms with Crippen molar-refractivity contribution in [2.45, 2.75) is 5.16 Å². The number of imidazole rings is 1. The number of hydrogen-bond donors (Lipinski definition) is 0. The van der Waals surface area contributed by atoms with E-state index in [-0.39, 0.29) is 4.91 Å². The SMILES string of the molecule is COC(=O)/C=C(\Sc1nccn1C)C(=O)OC. The Morgan fingerprint density at radius 3 is 2.59 bits per heavy atom. The lowest BCUT2D eigenvalue weighted by molar-refractivity contribution is -0.137. The number of aryl methyl sites for hydroxylation is 1. The Labute approximate surface area is 103 Å². The maximum absolute atomic E-state index is 11.4. The Hall–Kier alpha value is -1.76. The number of hydrogen-bond acceptors (Lipinski definition) is 6. The normalized spacial score (nSPS) is 11.1. The van der Waals surface area contributed by atoms with Crippen LogP contribution in [-0.2, 0) is 26.1 Å². The zero-order valence-electron chi connectivity index (χ0n) is 9.67. The minimum absolute atomic E-state index is 0.119. The first kappa shape index (κ1) is 13.3. The Kier molecular flexibility index (Phi) is 4.77. The molecule has 0 aliphatic carbocycles. The number of rotatable bonds is 4. The highest BCUT2D eigenvalue weighted by Gasteiger charge is 2.16. The van der Waals surface area contributed by atoms with Crippen molar-refractivity contribution >= 4 is 23.7 Å². The molecular formula is C10H12N2O4S. The standard InChI is InChI=1S/C10H12N2O4S/c1-12-5-4-11-10(12)17-7(9(14)16-3)6-8(13)15-2/h4-6H,1-3H3/b7-6-. The summed E-state index contributed by atoms with van der Waals surface area (Å²) in [6, 6.07) is 0. The Bertz CT molecular complexity index is 453. The van der Waals surface area contributed by atoms with E-state index in [1.54, 1.807) is 24.0 Å². The topological polar surface area (TPSA) is 70.4 Å². The van der Waals surface area contributed by atoms with Crippen molar-refractivity contribution in [3.05, 3.63) is 23.4 Å². The molecule has 0 fully saturated rings. The number of methoxy groups -OCH3 is 2. The van der Waals surface area contributed by atoms with Crippen LogP contribution in [0.25, 0.3) is 0 Å². The zero-order valence-corrected chi connectivity index (χ0v) is 10.5. The van der Waals surface area contributed by atoms with E-state index >= 15 is 0 Å². The molecule has 0 aromatic carbocycles. The minimum Gasteiger partial charge on any atom is -0.466 e. The molecule has 0 atom stereocenters. The summed E-state index contributed by atoms with van der Waals surface area (Å²) < 4.78 is 10.8. The second-order valence-corrected chi connectivity index (χ2v) is 3.96. The van der Waals surface area contributed by atoms with Gasteiger partial charge < -0.3 is 14.0 Å². The van der Waals surface area contributed by atoms with Crippen LogP contribution < -0.4 is 0 Å².